The zero-order chi connectivity index (χ0) is 28.1. The Morgan fingerprint density at radius 1 is 0.476 bits per heavy atom. The molecule has 0 saturated carbocycles. The molecule has 0 radical (unpaired) electrons. The van der Waals surface area contributed by atoms with Crippen LogP contribution in [0.15, 0.2) is 161 Å². The SMILES string of the molecule is OC1(c2ccccc2)c2ccc([nH]2)/C(c2ccccc2)=C2/C=CC(=N2)C2=N/C(=C(/c3ccccc3)c3ccc1[nH]3)C=C2. The molecule has 0 amide bonds. The molecule has 3 aromatic carbocycles. The van der Waals surface area contributed by atoms with E-state index in [9.17, 15) is 5.11 Å². The molecule has 0 spiro atoms. The maximum absolute atomic E-state index is 12.7. The van der Waals surface area contributed by atoms with Crippen molar-refractivity contribution < 1.29 is 5.11 Å². The van der Waals surface area contributed by atoms with Gasteiger partial charge in [-0.25, -0.2) is 9.98 Å². The van der Waals surface area contributed by atoms with Crippen molar-refractivity contribution in [2.24, 2.45) is 9.98 Å². The smallest absolute Gasteiger partial charge is 0.169 e. The fourth-order valence-corrected chi connectivity index (χ4v) is 6.02. The minimum atomic E-state index is -1.48. The summed E-state index contributed by atoms with van der Waals surface area (Å²) in [5, 5.41) is 12.7. The molecular weight excluding hydrogens is 516 g/mol. The molecule has 5 heterocycles. The average molecular weight is 543 g/mol. The maximum Gasteiger partial charge on any atom is 0.169 e. The number of hydrogen-bond acceptors (Lipinski definition) is 3. The molecule has 0 atom stereocenters. The summed E-state index contributed by atoms with van der Waals surface area (Å²) in [4.78, 5) is 17.3. The number of hydrogen-bond donors (Lipinski definition) is 3. The first-order valence-corrected chi connectivity index (χ1v) is 14.0. The summed E-state index contributed by atoms with van der Waals surface area (Å²) in [5.41, 5.74) is 9.57. The highest BCUT2D eigenvalue weighted by atomic mass is 16.3. The number of allylic oxidation sites excluding steroid dienone is 4. The highest BCUT2D eigenvalue weighted by Crippen LogP contribution is 2.40. The molecule has 0 saturated heterocycles. The lowest BCUT2D eigenvalue weighted by atomic mass is 9.87. The van der Waals surface area contributed by atoms with Crippen LogP contribution in [-0.2, 0) is 5.60 Å². The van der Waals surface area contributed by atoms with E-state index in [1.54, 1.807) is 0 Å². The molecule has 200 valence electrons. The summed E-state index contributed by atoms with van der Waals surface area (Å²) in [5.74, 6) is 0. The van der Waals surface area contributed by atoms with Crippen LogP contribution in [0, 0.1) is 0 Å². The van der Waals surface area contributed by atoms with E-state index in [1.807, 2.05) is 115 Å². The first-order valence-electron chi connectivity index (χ1n) is 14.0. The molecular formula is C37H26N4O. The molecule has 3 aliphatic rings. The third-order valence-corrected chi connectivity index (χ3v) is 8.06. The van der Waals surface area contributed by atoms with Gasteiger partial charge >= 0.3 is 0 Å². The van der Waals surface area contributed by atoms with Crippen LogP contribution in [0.5, 0.6) is 0 Å². The van der Waals surface area contributed by atoms with Crippen molar-refractivity contribution in [2.75, 3.05) is 0 Å². The van der Waals surface area contributed by atoms with Crippen molar-refractivity contribution in [3.05, 3.63) is 190 Å². The second-order valence-electron chi connectivity index (χ2n) is 10.6. The molecule has 5 heteroatoms. The summed E-state index contributed by atoms with van der Waals surface area (Å²) in [6.07, 6.45) is 8.13. The molecule has 3 aliphatic heterocycles. The number of aromatic nitrogens is 2. The number of H-pyrrole nitrogens is 2. The van der Waals surface area contributed by atoms with Gasteiger partial charge in [-0.05, 0) is 65.3 Å². The molecule has 8 rings (SSSR count). The molecule has 0 aliphatic carbocycles. The molecule has 0 fully saturated rings. The lowest BCUT2D eigenvalue weighted by Crippen LogP contribution is -2.30. The Balaban J connectivity index is 1.45. The number of aromatic amines is 2. The van der Waals surface area contributed by atoms with Gasteiger partial charge < -0.3 is 15.1 Å². The summed E-state index contributed by atoms with van der Waals surface area (Å²) < 4.78 is 0. The van der Waals surface area contributed by atoms with Gasteiger partial charge in [0, 0.05) is 22.5 Å². The minimum Gasteiger partial charge on any atom is -0.373 e. The van der Waals surface area contributed by atoms with Crippen LogP contribution >= 0.6 is 0 Å². The third-order valence-electron chi connectivity index (χ3n) is 8.06. The second-order valence-corrected chi connectivity index (χ2v) is 10.6. The monoisotopic (exact) mass is 542 g/mol. The van der Waals surface area contributed by atoms with Crippen molar-refractivity contribution in [3.8, 4) is 0 Å². The van der Waals surface area contributed by atoms with E-state index >= 15 is 0 Å². The number of benzene rings is 3. The molecule has 0 unspecified atom stereocenters. The van der Waals surface area contributed by atoms with E-state index < -0.39 is 5.60 Å². The van der Waals surface area contributed by atoms with Crippen LogP contribution in [-0.4, -0.2) is 26.5 Å². The second kappa shape index (κ2) is 9.54. The predicted molar refractivity (Wildman–Crippen MR) is 168 cm³/mol. The fourth-order valence-electron chi connectivity index (χ4n) is 6.02. The van der Waals surface area contributed by atoms with E-state index in [-0.39, 0.29) is 0 Å². The van der Waals surface area contributed by atoms with Crippen molar-refractivity contribution in [2.45, 2.75) is 5.60 Å². The Kier molecular flexibility index (Phi) is 5.52. The van der Waals surface area contributed by atoms with Gasteiger partial charge in [0.2, 0.25) is 0 Å². The van der Waals surface area contributed by atoms with Crippen LogP contribution in [0.3, 0.4) is 0 Å². The van der Waals surface area contributed by atoms with Gasteiger partial charge in [-0.1, -0.05) is 91.0 Å². The minimum absolute atomic E-state index is 0.654. The van der Waals surface area contributed by atoms with Gasteiger partial charge in [0.25, 0.3) is 0 Å². The Labute approximate surface area is 243 Å². The standard InChI is InChI=1S/C37H26N4O/c42-37(26-14-8-3-9-15-26)33-22-20-31(40-33)35(24-10-4-1-5-11-24)29-18-16-27(38-29)28-17-19-30(39-28)36(25-12-6-2-7-13-25)32-21-23-34(37)41-32/h1-23,40-42H/b35-29-,36-30-. The van der Waals surface area contributed by atoms with Crippen molar-refractivity contribution in [1.29, 1.82) is 0 Å². The Morgan fingerprint density at radius 2 is 0.905 bits per heavy atom. The van der Waals surface area contributed by atoms with Crippen LogP contribution in [0.2, 0.25) is 0 Å². The van der Waals surface area contributed by atoms with Gasteiger partial charge in [0.05, 0.1) is 34.2 Å². The molecule has 2 aromatic heterocycles. The number of aliphatic hydroxyl groups is 1. The average Bonchev–Trinajstić information content (AvgIpc) is 3.87. The van der Waals surface area contributed by atoms with Gasteiger partial charge in [-0.15, -0.1) is 0 Å². The largest absolute Gasteiger partial charge is 0.373 e. The van der Waals surface area contributed by atoms with Crippen molar-refractivity contribution in [1.82, 2.24) is 9.97 Å². The number of rotatable bonds is 3. The molecule has 5 nitrogen and oxygen atoms in total. The van der Waals surface area contributed by atoms with E-state index in [4.69, 9.17) is 9.98 Å². The Morgan fingerprint density at radius 3 is 1.36 bits per heavy atom. The Hall–Kier alpha value is -5.52. The van der Waals surface area contributed by atoms with E-state index in [1.165, 1.54) is 0 Å². The normalized spacial score (nSPS) is 20.2. The predicted octanol–water partition coefficient (Wildman–Crippen LogP) is 7.18. The highest BCUT2D eigenvalue weighted by molar-refractivity contribution is 6.52. The zero-order valence-corrected chi connectivity index (χ0v) is 22.6. The number of fused-ring (bicyclic) bond motifs is 7. The van der Waals surface area contributed by atoms with Gasteiger partial charge in [0.1, 0.15) is 0 Å². The van der Waals surface area contributed by atoms with E-state index in [0.717, 1.165) is 62.0 Å². The summed E-state index contributed by atoms with van der Waals surface area (Å²) in [6.45, 7) is 0. The summed E-state index contributed by atoms with van der Waals surface area (Å²) >= 11 is 0. The molecule has 42 heavy (non-hydrogen) atoms. The lowest BCUT2D eigenvalue weighted by molar-refractivity contribution is 0.117. The van der Waals surface area contributed by atoms with Gasteiger partial charge in [-0.2, -0.15) is 0 Å². The molecule has 5 aromatic rings. The highest BCUT2D eigenvalue weighted by Gasteiger charge is 2.37. The number of aliphatic imine (C=N–C) groups is 2. The fraction of sp³-hybridized carbons (Fsp3) is 0.0270. The Bertz CT molecular complexity index is 1890. The number of nitrogens with zero attached hydrogens (tertiary/aromatic N) is 2. The first kappa shape index (κ1) is 24.3. The van der Waals surface area contributed by atoms with Crippen molar-refractivity contribution in [3.63, 3.8) is 0 Å². The van der Waals surface area contributed by atoms with Crippen LogP contribution in [0.25, 0.3) is 11.1 Å². The van der Waals surface area contributed by atoms with Crippen molar-refractivity contribution >= 4 is 22.6 Å². The molecule has 8 bridgehead atoms. The summed E-state index contributed by atoms with van der Waals surface area (Å²) in [7, 11) is 0. The third kappa shape index (κ3) is 3.83. The van der Waals surface area contributed by atoms with Crippen LogP contribution < -0.4 is 0 Å². The van der Waals surface area contributed by atoms with Crippen LogP contribution in [0.4, 0.5) is 0 Å². The van der Waals surface area contributed by atoms with Gasteiger partial charge in [-0.3, -0.25) is 0 Å². The summed E-state index contributed by atoms with van der Waals surface area (Å²) in [6, 6.07) is 38.2. The maximum atomic E-state index is 12.7. The lowest BCUT2D eigenvalue weighted by Gasteiger charge is -2.27. The van der Waals surface area contributed by atoms with Crippen LogP contribution in [0.1, 0.15) is 39.5 Å². The topological polar surface area (TPSA) is 76.5 Å². The first-order chi connectivity index (χ1) is 20.7. The van der Waals surface area contributed by atoms with E-state index in [0.29, 0.717) is 11.4 Å². The molecule has 3 N–H and O–H groups in total. The number of nitrogens with one attached hydrogen (secondary N) is 2. The quantitative estimate of drug-likeness (QED) is 0.222. The zero-order valence-electron chi connectivity index (χ0n) is 22.6. The van der Waals surface area contributed by atoms with Gasteiger partial charge in [0.15, 0.2) is 5.60 Å². The van der Waals surface area contributed by atoms with E-state index in [2.05, 4.69) is 34.2 Å².